The summed E-state index contributed by atoms with van der Waals surface area (Å²) >= 11 is 5.98. The van der Waals surface area contributed by atoms with E-state index in [0.29, 0.717) is 16.5 Å². The highest BCUT2D eigenvalue weighted by atomic mass is 35.5. The molecule has 4 heteroatoms. The molecule has 0 bridgehead atoms. The van der Waals surface area contributed by atoms with Crippen molar-refractivity contribution < 1.29 is 9.47 Å². The van der Waals surface area contributed by atoms with Gasteiger partial charge in [-0.15, -0.1) is 0 Å². The third kappa shape index (κ3) is 3.59. The molecule has 2 aromatic rings. The number of hydrogen-bond acceptors (Lipinski definition) is 3. The fourth-order valence-corrected chi connectivity index (χ4v) is 3.63. The van der Waals surface area contributed by atoms with Crippen molar-refractivity contribution in [3.63, 3.8) is 0 Å². The van der Waals surface area contributed by atoms with Gasteiger partial charge < -0.3 is 14.8 Å². The molecule has 24 heavy (non-hydrogen) atoms. The molecule has 1 N–H and O–H groups in total. The quantitative estimate of drug-likeness (QED) is 0.817. The summed E-state index contributed by atoms with van der Waals surface area (Å²) in [6, 6.07) is 15.7. The van der Waals surface area contributed by atoms with Crippen molar-refractivity contribution in [3.8, 4) is 11.5 Å². The van der Waals surface area contributed by atoms with Crippen LogP contribution in [0.5, 0.6) is 11.5 Å². The molecule has 2 fully saturated rings. The van der Waals surface area contributed by atoms with Crippen molar-refractivity contribution in [1.82, 2.24) is 5.32 Å². The predicted octanol–water partition coefficient (Wildman–Crippen LogP) is 4.79. The Kier molecular flexibility index (Phi) is 4.49. The Hall–Kier alpha value is -1.55. The van der Waals surface area contributed by atoms with E-state index in [9.17, 15) is 0 Å². The molecule has 1 aliphatic carbocycles. The fraction of sp³-hybridized carbons (Fsp3) is 0.400. The van der Waals surface area contributed by atoms with Crippen molar-refractivity contribution in [2.45, 2.75) is 31.3 Å². The zero-order chi connectivity index (χ0) is 16.4. The first kappa shape index (κ1) is 15.9. The summed E-state index contributed by atoms with van der Waals surface area (Å²) in [5.74, 6) is 2.26. The van der Waals surface area contributed by atoms with E-state index in [2.05, 4.69) is 17.4 Å². The monoisotopic (exact) mass is 343 g/mol. The first-order valence-electron chi connectivity index (χ1n) is 8.59. The number of nitrogens with one attached hydrogen (secondary N) is 1. The maximum atomic E-state index is 5.98. The van der Waals surface area contributed by atoms with Crippen LogP contribution in [0.15, 0.2) is 48.5 Å². The minimum Gasteiger partial charge on any atom is -0.457 e. The summed E-state index contributed by atoms with van der Waals surface area (Å²) in [6.45, 7) is 2.73. The highest BCUT2D eigenvalue weighted by Crippen LogP contribution is 2.45. The third-order valence-electron chi connectivity index (χ3n) is 5.10. The Bertz CT molecular complexity index is 691. The minimum absolute atomic E-state index is 0.326. The van der Waals surface area contributed by atoms with Gasteiger partial charge in [0.2, 0.25) is 0 Å². The van der Waals surface area contributed by atoms with Crippen LogP contribution in [0.1, 0.15) is 24.8 Å². The lowest BCUT2D eigenvalue weighted by atomic mass is 9.96. The Balaban J connectivity index is 1.34. The van der Waals surface area contributed by atoms with Gasteiger partial charge in [0.15, 0.2) is 0 Å². The molecule has 1 saturated carbocycles. The molecule has 0 spiro atoms. The van der Waals surface area contributed by atoms with Crippen molar-refractivity contribution in [3.05, 3.63) is 59.1 Å². The zero-order valence-corrected chi connectivity index (χ0v) is 14.4. The second-order valence-corrected chi connectivity index (χ2v) is 7.21. The van der Waals surface area contributed by atoms with Gasteiger partial charge >= 0.3 is 0 Å². The summed E-state index contributed by atoms with van der Waals surface area (Å²) in [4.78, 5) is 0. The highest BCUT2D eigenvalue weighted by molar-refractivity contribution is 6.30. The highest BCUT2D eigenvalue weighted by Gasteiger charge is 2.49. The summed E-state index contributed by atoms with van der Waals surface area (Å²) in [6.07, 6.45) is 3.74. The van der Waals surface area contributed by atoms with Crippen LogP contribution in [0, 0.1) is 5.92 Å². The lowest BCUT2D eigenvalue weighted by molar-refractivity contribution is 0.173. The molecule has 1 unspecified atom stereocenters. The van der Waals surface area contributed by atoms with Gasteiger partial charge in [-0.25, -0.2) is 0 Å². The van der Waals surface area contributed by atoms with Crippen molar-refractivity contribution in [2.75, 3.05) is 13.2 Å². The second kappa shape index (κ2) is 6.75. The van der Waals surface area contributed by atoms with Gasteiger partial charge in [0, 0.05) is 29.6 Å². The zero-order valence-electron chi connectivity index (χ0n) is 13.6. The van der Waals surface area contributed by atoms with Gasteiger partial charge in [0.1, 0.15) is 11.5 Å². The average molecular weight is 344 g/mol. The molecule has 4 rings (SSSR count). The van der Waals surface area contributed by atoms with Crippen LogP contribution < -0.4 is 10.1 Å². The van der Waals surface area contributed by atoms with E-state index < -0.39 is 0 Å². The molecule has 1 saturated heterocycles. The molecule has 1 aliphatic heterocycles. The van der Waals surface area contributed by atoms with Crippen LogP contribution in [-0.4, -0.2) is 18.8 Å². The largest absolute Gasteiger partial charge is 0.457 e. The Morgan fingerprint density at radius 1 is 1.12 bits per heavy atom. The smallest absolute Gasteiger partial charge is 0.128 e. The molecule has 1 atom stereocenters. The molecule has 0 radical (unpaired) electrons. The molecule has 126 valence electrons. The average Bonchev–Trinajstić information content (AvgIpc) is 3.17. The molecule has 1 heterocycles. The number of halogens is 1. The molecule has 2 aromatic carbocycles. The normalized spacial score (nSPS) is 21.6. The lowest BCUT2D eigenvalue weighted by Crippen LogP contribution is -2.38. The van der Waals surface area contributed by atoms with Crippen molar-refractivity contribution in [1.29, 1.82) is 0 Å². The van der Waals surface area contributed by atoms with E-state index in [1.54, 1.807) is 0 Å². The van der Waals surface area contributed by atoms with E-state index >= 15 is 0 Å². The van der Waals surface area contributed by atoms with Crippen LogP contribution in [0.3, 0.4) is 0 Å². The first-order valence-corrected chi connectivity index (χ1v) is 8.96. The number of ether oxygens (including phenoxy) is 2. The molecule has 0 aromatic heterocycles. The SMILES string of the molecule is Clc1cccc(Oc2ccc(CNC3(C4CCOC4)CC3)cc2)c1. The second-order valence-electron chi connectivity index (χ2n) is 6.77. The summed E-state index contributed by atoms with van der Waals surface area (Å²) in [7, 11) is 0. The van der Waals surface area contributed by atoms with Gasteiger partial charge in [-0.05, 0) is 55.2 Å². The van der Waals surface area contributed by atoms with Crippen LogP contribution in [0.4, 0.5) is 0 Å². The Morgan fingerprint density at radius 2 is 1.96 bits per heavy atom. The topological polar surface area (TPSA) is 30.5 Å². The van der Waals surface area contributed by atoms with Crippen molar-refractivity contribution in [2.24, 2.45) is 5.92 Å². The van der Waals surface area contributed by atoms with Crippen LogP contribution in [0.25, 0.3) is 0 Å². The van der Waals surface area contributed by atoms with E-state index in [4.69, 9.17) is 21.1 Å². The van der Waals surface area contributed by atoms with Gasteiger partial charge in [0.25, 0.3) is 0 Å². The van der Waals surface area contributed by atoms with Crippen LogP contribution in [0.2, 0.25) is 5.02 Å². The predicted molar refractivity (Wildman–Crippen MR) is 95.7 cm³/mol. The summed E-state index contributed by atoms with van der Waals surface area (Å²) < 4.78 is 11.4. The molecule has 0 amide bonds. The van der Waals surface area contributed by atoms with E-state index in [1.165, 1.54) is 24.8 Å². The number of hydrogen-bond donors (Lipinski definition) is 1. The van der Waals surface area contributed by atoms with Crippen LogP contribution >= 0.6 is 11.6 Å². The molecule has 3 nitrogen and oxygen atoms in total. The van der Waals surface area contributed by atoms with Gasteiger partial charge in [0.05, 0.1) is 6.61 Å². The van der Waals surface area contributed by atoms with Gasteiger partial charge in [-0.1, -0.05) is 29.8 Å². The van der Waals surface area contributed by atoms with E-state index in [-0.39, 0.29) is 0 Å². The fourth-order valence-electron chi connectivity index (χ4n) is 3.45. The maximum Gasteiger partial charge on any atom is 0.128 e. The first-order chi connectivity index (χ1) is 11.7. The number of rotatable bonds is 6. The van der Waals surface area contributed by atoms with Gasteiger partial charge in [-0.2, -0.15) is 0 Å². The molecular weight excluding hydrogens is 322 g/mol. The maximum absolute atomic E-state index is 5.98. The Labute approximate surface area is 147 Å². The molecule has 2 aliphatic rings. The molecular formula is C20H22ClNO2. The third-order valence-corrected chi connectivity index (χ3v) is 5.33. The lowest BCUT2D eigenvalue weighted by Gasteiger charge is -2.23. The van der Waals surface area contributed by atoms with Crippen molar-refractivity contribution >= 4 is 11.6 Å². The number of benzene rings is 2. The summed E-state index contributed by atoms with van der Waals surface area (Å²) in [5.41, 5.74) is 1.60. The van der Waals surface area contributed by atoms with Crippen LogP contribution in [-0.2, 0) is 11.3 Å². The summed E-state index contributed by atoms with van der Waals surface area (Å²) in [5, 5.41) is 4.45. The Morgan fingerprint density at radius 3 is 2.62 bits per heavy atom. The van der Waals surface area contributed by atoms with E-state index in [0.717, 1.165) is 31.3 Å². The minimum atomic E-state index is 0.326. The van der Waals surface area contributed by atoms with E-state index in [1.807, 2.05) is 36.4 Å². The van der Waals surface area contributed by atoms with Gasteiger partial charge in [-0.3, -0.25) is 0 Å². The standard InChI is InChI=1S/C20H22ClNO2/c21-17-2-1-3-19(12-17)24-18-6-4-15(5-7-18)13-22-20(9-10-20)16-8-11-23-14-16/h1-7,12,16,22H,8-11,13-14H2.